The average Bonchev–Trinajstić information content (AvgIpc) is 2.88. The number of rotatable bonds is 3. The summed E-state index contributed by atoms with van der Waals surface area (Å²) in [5, 5.41) is 0. The van der Waals surface area contributed by atoms with Crippen LogP contribution in [0.25, 0.3) is 0 Å². The molecule has 0 unspecified atom stereocenters. The number of aliphatic imine (C=N–C) groups is 1. The maximum atomic E-state index is 12.0. The highest BCUT2D eigenvalue weighted by Crippen LogP contribution is 2.31. The molecule has 1 aliphatic rings. The normalized spacial score (nSPS) is 18.4. The van der Waals surface area contributed by atoms with Crippen LogP contribution in [0.4, 0.5) is 0 Å². The van der Waals surface area contributed by atoms with Crippen LogP contribution in [0, 0.1) is 5.41 Å². The molecule has 4 heteroatoms. The smallest absolute Gasteiger partial charge is 0.338 e. The first-order chi connectivity index (χ1) is 9.43. The van der Waals surface area contributed by atoms with Crippen LogP contribution >= 0.6 is 0 Å². The Bertz CT molecular complexity index is 529. The van der Waals surface area contributed by atoms with E-state index < -0.39 is 0 Å². The van der Waals surface area contributed by atoms with Crippen molar-refractivity contribution in [3.05, 3.63) is 35.4 Å². The van der Waals surface area contributed by atoms with Crippen molar-refractivity contribution in [3.8, 4) is 0 Å². The van der Waals surface area contributed by atoms with Gasteiger partial charge in [-0.05, 0) is 18.6 Å². The topological polar surface area (TPSA) is 47.9 Å². The molecule has 1 aromatic carbocycles. The first-order valence-electron chi connectivity index (χ1n) is 6.90. The van der Waals surface area contributed by atoms with E-state index in [1.54, 1.807) is 13.0 Å². The fraction of sp³-hybridized carbons (Fsp3) is 0.500. The van der Waals surface area contributed by atoms with E-state index in [9.17, 15) is 4.79 Å². The minimum absolute atomic E-state index is 0.117. The Morgan fingerprint density at radius 1 is 1.40 bits per heavy atom. The van der Waals surface area contributed by atoms with E-state index >= 15 is 0 Å². The highest BCUT2D eigenvalue weighted by molar-refractivity contribution is 5.91. The van der Waals surface area contributed by atoms with Crippen LogP contribution in [-0.2, 0) is 9.47 Å². The van der Waals surface area contributed by atoms with Crippen molar-refractivity contribution >= 4 is 11.9 Å². The van der Waals surface area contributed by atoms with E-state index in [0.29, 0.717) is 18.8 Å². The third kappa shape index (κ3) is 3.00. The molecule has 1 aromatic rings. The Morgan fingerprint density at radius 3 is 2.70 bits per heavy atom. The molecule has 0 aromatic heterocycles. The second-order valence-electron chi connectivity index (χ2n) is 5.82. The van der Waals surface area contributed by atoms with E-state index in [0.717, 1.165) is 11.5 Å². The third-order valence-corrected chi connectivity index (χ3v) is 3.11. The first-order valence-corrected chi connectivity index (χ1v) is 6.90. The van der Waals surface area contributed by atoms with Gasteiger partial charge in [-0.15, -0.1) is 0 Å². The number of nitrogens with zero attached hydrogens (tertiary/aromatic N) is 1. The van der Waals surface area contributed by atoms with Gasteiger partial charge in [-0.25, -0.2) is 9.79 Å². The molecule has 1 heterocycles. The highest BCUT2D eigenvalue weighted by atomic mass is 16.5. The minimum Gasteiger partial charge on any atom is -0.478 e. The van der Waals surface area contributed by atoms with Crippen LogP contribution in [0.15, 0.2) is 29.3 Å². The number of hydrogen-bond donors (Lipinski definition) is 0. The fourth-order valence-corrected chi connectivity index (χ4v) is 2.13. The summed E-state index contributed by atoms with van der Waals surface area (Å²) in [5.74, 6) is 0.434. The van der Waals surface area contributed by atoms with E-state index in [-0.39, 0.29) is 17.4 Å². The largest absolute Gasteiger partial charge is 0.478 e. The Balaban J connectivity index is 2.31. The molecule has 0 aliphatic carbocycles. The lowest BCUT2D eigenvalue weighted by atomic mass is 9.96. The van der Waals surface area contributed by atoms with Gasteiger partial charge >= 0.3 is 5.97 Å². The van der Waals surface area contributed by atoms with E-state index in [1.165, 1.54) is 0 Å². The summed E-state index contributed by atoms with van der Waals surface area (Å²) in [7, 11) is 0. The number of carbonyl (C=O) groups excluding carboxylic acids is 1. The van der Waals surface area contributed by atoms with Crippen molar-refractivity contribution in [3.63, 3.8) is 0 Å². The molecule has 0 bridgehead atoms. The van der Waals surface area contributed by atoms with Crippen LogP contribution in [-0.4, -0.2) is 25.1 Å². The molecule has 0 N–H and O–H groups in total. The molecule has 0 spiro atoms. The number of esters is 1. The van der Waals surface area contributed by atoms with Crippen molar-refractivity contribution < 1.29 is 14.3 Å². The van der Waals surface area contributed by atoms with E-state index in [1.807, 2.05) is 18.2 Å². The Hall–Kier alpha value is -1.84. The molecule has 2 rings (SSSR count). The van der Waals surface area contributed by atoms with Gasteiger partial charge in [0.2, 0.25) is 0 Å². The Morgan fingerprint density at radius 2 is 2.10 bits per heavy atom. The van der Waals surface area contributed by atoms with Crippen molar-refractivity contribution in [2.24, 2.45) is 10.4 Å². The number of ether oxygens (including phenoxy) is 2. The predicted octanol–water partition coefficient (Wildman–Crippen LogP) is 3.38. The molecule has 20 heavy (non-hydrogen) atoms. The standard InChI is InChI=1S/C16H21NO3/c1-5-19-14(18)12-9-7-6-8-11(12)13-10-20-15(17-13)16(2,3)4/h6-9,13H,5,10H2,1-4H3/t13-/m1/s1. The fourth-order valence-electron chi connectivity index (χ4n) is 2.13. The van der Waals surface area contributed by atoms with Gasteiger partial charge < -0.3 is 9.47 Å². The monoisotopic (exact) mass is 275 g/mol. The molecule has 1 aliphatic heterocycles. The summed E-state index contributed by atoms with van der Waals surface area (Å²) in [6.07, 6.45) is 0. The van der Waals surface area contributed by atoms with Gasteiger partial charge in [-0.2, -0.15) is 0 Å². The van der Waals surface area contributed by atoms with E-state index in [2.05, 4.69) is 25.8 Å². The van der Waals surface area contributed by atoms with Gasteiger partial charge in [0, 0.05) is 5.41 Å². The third-order valence-electron chi connectivity index (χ3n) is 3.11. The van der Waals surface area contributed by atoms with Crippen LogP contribution < -0.4 is 0 Å². The van der Waals surface area contributed by atoms with Crippen LogP contribution in [0.5, 0.6) is 0 Å². The maximum absolute atomic E-state index is 12.0. The summed E-state index contributed by atoms with van der Waals surface area (Å²) in [4.78, 5) is 16.6. The molecule has 108 valence electrons. The Kier molecular flexibility index (Phi) is 4.12. The zero-order valence-corrected chi connectivity index (χ0v) is 12.5. The molecule has 0 saturated carbocycles. The lowest BCUT2D eigenvalue weighted by Gasteiger charge is -2.16. The summed E-state index contributed by atoms with van der Waals surface area (Å²) < 4.78 is 10.8. The second kappa shape index (κ2) is 5.65. The molecular weight excluding hydrogens is 254 g/mol. The molecule has 1 atom stereocenters. The van der Waals surface area contributed by atoms with Crippen LogP contribution in [0.3, 0.4) is 0 Å². The maximum Gasteiger partial charge on any atom is 0.338 e. The molecular formula is C16H21NO3. The van der Waals surface area contributed by atoms with Crippen LogP contribution in [0.1, 0.15) is 49.7 Å². The number of hydrogen-bond acceptors (Lipinski definition) is 4. The number of benzene rings is 1. The quantitative estimate of drug-likeness (QED) is 0.794. The molecule has 0 saturated heterocycles. The van der Waals surface area contributed by atoms with Gasteiger partial charge in [0.05, 0.1) is 12.2 Å². The van der Waals surface area contributed by atoms with E-state index in [4.69, 9.17) is 9.47 Å². The summed E-state index contributed by atoms with van der Waals surface area (Å²) in [5.41, 5.74) is 1.32. The van der Waals surface area contributed by atoms with Gasteiger partial charge in [0.15, 0.2) is 5.90 Å². The molecule has 4 nitrogen and oxygen atoms in total. The molecule has 0 fully saturated rings. The molecule has 0 amide bonds. The van der Waals surface area contributed by atoms with Crippen molar-refractivity contribution in [1.82, 2.24) is 0 Å². The van der Waals surface area contributed by atoms with Crippen molar-refractivity contribution in [2.75, 3.05) is 13.2 Å². The number of carbonyl (C=O) groups is 1. The molecule has 0 radical (unpaired) electrons. The first kappa shape index (κ1) is 14.6. The SMILES string of the molecule is CCOC(=O)c1ccccc1[C@H]1COC(C(C)(C)C)=N1. The zero-order valence-electron chi connectivity index (χ0n) is 12.5. The minimum atomic E-state index is -0.303. The second-order valence-corrected chi connectivity index (χ2v) is 5.82. The highest BCUT2D eigenvalue weighted by Gasteiger charge is 2.31. The average molecular weight is 275 g/mol. The van der Waals surface area contributed by atoms with Crippen LogP contribution in [0.2, 0.25) is 0 Å². The lowest BCUT2D eigenvalue weighted by molar-refractivity contribution is 0.0524. The lowest BCUT2D eigenvalue weighted by Crippen LogP contribution is -2.20. The van der Waals surface area contributed by atoms with Gasteiger partial charge in [0.25, 0.3) is 0 Å². The van der Waals surface area contributed by atoms with Crippen molar-refractivity contribution in [2.45, 2.75) is 33.7 Å². The summed E-state index contributed by atoms with van der Waals surface area (Å²) in [6.45, 7) is 8.82. The zero-order chi connectivity index (χ0) is 14.8. The van der Waals surface area contributed by atoms with Crippen molar-refractivity contribution in [1.29, 1.82) is 0 Å². The summed E-state index contributed by atoms with van der Waals surface area (Å²) in [6, 6.07) is 7.29. The summed E-state index contributed by atoms with van der Waals surface area (Å²) >= 11 is 0. The van der Waals surface area contributed by atoms with Gasteiger partial charge in [0.1, 0.15) is 12.6 Å². The van der Waals surface area contributed by atoms with Gasteiger partial charge in [-0.3, -0.25) is 0 Å². The Labute approximate surface area is 119 Å². The van der Waals surface area contributed by atoms with Gasteiger partial charge in [-0.1, -0.05) is 39.0 Å². The predicted molar refractivity (Wildman–Crippen MR) is 78.0 cm³/mol.